The molecule has 0 aliphatic carbocycles. The second-order valence-corrected chi connectivity index (χ2v) is 3.99. The molecule has 4 N–H and O–H groups in total. The zero-order chi connectivity index (χ0) is 13.6. The number of aliphatic hydroxyl groups excluding tert-OH is 3. The Bertz CT molecular complexity index is 718. The smallest absolute Gasteiger partial charge is 0.278 e. The van der Waals surface area contributed by atoms with Gasteiger partial charge in [0.1, 0.15) is 6.10 Å². The zero-order valence-electron chi connectivity index (χ0n) is 9.52. The molecule has 0 spiro atoms. The molecule has 0 amide bonds. The third kappa shape index (κ3) is 1.59. The summed E-state index contributed by atoms with van der Waals surface area (Å²) in [4.78, 5) is 21.7. The number of rotatable bonds is 2. The van der Waals surface area contributed by atoms with Crippen molar-refractivity contribution in [3.63, 3.8) is 0 Å². The van der Waals surface area contributed by atoms with Crippen LogP contribution in [0.2, 0.25) is 0 Å². The number of nitrogens with zero attached hydrogens (tertiary/aromatic N) is 3. The van der Waals surface area contributed by atoms with Crippen molar-refractivity contribution in [3.05, 3.63) is 34.5 Å². The van der Waals surface area contributed by atoms with E-state index in [0.29, 0.717) is 0 Å². The third-order valence-corrected chi connectivity index (χ3v) is 2.88. The molecule has 0 unspecified atom stereocenters. The highest BCUT2D eigenvalue weighted by molar-refractivity contribution is 5.69. The standard InChI is InChI=1S/C10H10N4O5/c15-1-4-6(16)7(17)10(19-4)14-3-13-5-8(14)11-2-12-9(5)18/h2-4,10,15-17H,1H2,(H,11,12,18)/t4-,10-/m1/s1. The molecule has 9 nitrogen and oxygen atoms in total. The summed E-state index contributed by atoms with van der Waals surface area (Å²) in [6, 6.07) is 0. The van der Waals surface area contributed by atoms with Gasteiger partial charge in [-0.15, -0.1) is 0 Å². The van der Waals surface area contributed by atoms with Gasteiger partial charge >= 0.3 is 0 Å². The van der Waals surface area contributed by atoms with E-state index in [1.165, 1.54) is 17.2 Å². The Morgan fingerprint density at radius 3 is 2.84 bits per heavy atom. The molecule has 1 aliphatic heterocycles. The molecule has 100 valence electrons. The molecule has 3 rings (SSSR count). The van der Waals surface area contributed by atoms with E-state index < -0.39 is 36.0 Å². The fraction of sp³-hybridized carbons (Fsp3) is 0.300. The van der Waals surface area contributed by atoms with E-state index in [-0.39, 0.29) is 11.2 Å². The Morgan fingerprint density at radius 1 is 1.37 bits per heavy atom. The highest BCUT2D eigenvalue weighted by Gasteiger charge is 2.36. The van der Waals surface area contributed by atoms with Gasteiger partial charge < -0.3 is 25.0 Å². The predicted molar refractivity (Wildman–Crippen MR) is 61.4 cm³/mol. The van der Waals surface area contributed by atoms with Gasteiger partial charge in [0.15, 0.2) is 28.9 Å². The van der Waals surface area contributed by atoms with Crippen molar-refractivity contribution >= 4 is 11.2 Å². The van der Waals surface area contributed by atoms with Crippen molar-refractivity contribution in [3.8, 4) is 0 Å². The molecule has 2 aromatic heterocycles. The largest absolute Gasteiger partial charge is 0.506 e. The lowest BCUT2D eigenvalue weighted by Gasteiger charge is -2.14. The molecule has 2 aromatic rings. The van der Waals surface area contributed by atoms with Crippen LogP contribution in [0.3, 0.4) is 0 Å². The van der Waals surface area contributed by atoms with Crippen molar-refractivity contribution in [2.24, 2.45) is 0 Å². The molecule has 0 bridgehead atoms. The topological polar surface area (TPSA) is 133 Å². The summed E-state index contributed by atoms with van der Waals surface area (Å²) < 4.78 is 6.57. The number of aliphatic hydroxyl groups is 3. The first-order chi connectivity index (χ1) is 9.13. The number of H-pyrrole nitrogens is 1. The summed E-state index contributed by atoms with van der Waals surface area (Å²) in [5.41, 5.74) is -0.134. The van der Waals surface area contributed by atoms with Crippen LogP contribution < -0.4 is 5.56 Å². The van der Waals surface area contributed by atoms with Gasteiger partial charge in [0.05, 0.1) is 19.3 Å². The van der Waals surface area contributed by atoms with Crippen LogP contribution in [-0.2, 0) is 4.74 Å². The van der Waals surface area contributed by atoms with Crippen LogP contribution >= 0.6 is 0 Å². The van der Waals surface area contributed by atoms with Gasteiger partial charge in [-0.05, 0) is 0 Å². The van der Waals surface area contributed by atoms with E-state index >= 15 is 0 Å². The van der Waals surface area contributed by atoms with Crippen LogP contribution in [0.1, 0.15) is 6.23 Å². The van der Waals surface area contributed by atoms with E-state index in [4.69, 9.17) is 9.84 Å². The summed E-state index contributed by atoms with van der Waals surface area (Å²) in [6.45, 7) is -0.479. The Balaban J connectivity index is 2.12. The molecule has 0 radical (unpaired) electrons. The molecule has 19 heavy (non-hydrogen) atoms. The van der Waals surface area contributed by atoms with Gasteiger partial charge in [0.25, 0.3) is 5.56 Å². The van der Waals surface area contributed by atoms with Crippen molar-refractivity contribution in [1.29, 1.82) is 0 Å². The number of nitrogens with one attached hydrogen (secondary N) is 1. The van der Waals surface area contributed by atoms with Crippen LogP contribution in [-0.4, -0.2) is 47.5 Å². The highest BCUT2D eigenvalue weighted by Crippen LogP contribution is 2.32. The van der Waals surface area contributed by atoms with E-state index in [1.807, 2.05) is 0 Å². The molecule has 0 saturated heterocycles. The first-order valence-corrected chi connectivity index (χ1v) is 5.42. The minimum absolute atomic E-state index is 0.0887. The Labute approximate surface area is 105 Å². The molecule has 0 fully saturated rings. The van der Waals surface area contributed by atoms with Gasteiger partial charge in [-0.25, -0.2) is 9.97 Å². The van der Waals surface area contributed by atoms with E-state index in [2.05, 4.69) is 15.0 Å². The van der Waals surface area contributed by atoms with Crippen molar-refractivity contribution in [1.82, 2.24) is 19.5 Å². The van der Waals surface area contributed by atoms with Crippen molar-refractivity contribution < 1.29 is 20.1 Å². The van der Waals surface area contributed by atoms with Crippen LogP contribution in [0.25, 0.3) is 11.2 Å². The molecule has 1 aliphatic rings. The number of hydrogen-bond acceptors (Lipinski definition) is 7. The summed E-state index contributed by atoms with van der Waals surface area (Å²) in [7, 11) is 0. The van der Waals surface area contributed by atoms with Crippen molar-refractivity contribution in [2.75, 3.05) is 6.61 Å². The quantitative estimate of drug-likeness (QED) is 0.566. The number of hydrogen-bond donors (Lipinski definition) is 4. The molecule has 9 heteroatoms. The number of imidazole rings is 1. The minimum Gasteiger partial charge on any atom is -0.506 e. The average Bonchev–Trinajstić information content (AvgIpc) is 2.94. The van der Waals surface area contributed by atoms with Crippen LogP contribution in [0, 0.1) is 0 Å². The van der Waals surface area contributed by atoms with E-state index in [1.54, 1.807) is 0 Å². The molecular formula is C10H10N4O5. The Kier molecular flexibility index (Phi) is 2.50. The van der Waals surface area contributed by atoms with Gasteiger partial charge in [0, 0.05) is 0 Å². The zero-order valence-corrected chi connectivity index (χ0v) is 9.52. The maximum Gasteiger partial charge on any atom is 0.278 e. The maximum atomic E-state index is 11.5. The Morgan fingerprint density at radius 2 is 2.16 bits per heavy atom. The molecule has 3 heterocycles. The van der Waals surface area contributed by atoms with Gasteiger partial charge in [-0.1, -0.05) is 0 Å². The van der Waals surface area contributed by atoms with Crippen LogP contribution in [0.15, 0.2) is 29.0 Å². The van der Waals surface area contributed by atoms with Gasteiger partial charge in [0.2, 0.25) is 0 Å². The number of aromatic nitrogens is 4. The number of ether oxygens (including phenoxy) is 1. The predicted octanol–water partition coefficient (Wildman–Crippen LogP) is -0.663. The fourth-order valence-electron chi connectivity index (χ4n) is 1.94. The lowest BCUT2D eigenvalue weighted by atomic mass is 10.3. The summed E-state index contributed by atoms with van der Waals surface area (Å²) in [6.07, 6.45) is 0.379. The summed E-state index contributed by atoms with van der Waals surface area (Å²) in [5, 5.41) is 28.4. The monoisotopic (exact) mass is 266 g/mol. The molecule has 2 atom stereocenters. The number of aromatic amines is 1. The Hall–Kier alpha value is -2.39. The summed E-state index contributed by atoms with van der Waals surface area (Å²) in [5.74, 6) is -0.889. The highest BCUT2D eigenvalue weighted by atomic mass is 16.6. The second-order valence-electron chi connectivity index (χ2n) is 3.99. The van der Waals surface area contributed by atoms with Crippen molar-refractivity contribution in [2.45, 2.75) is 12.3 Å². The first-order valence-electron chi connectivity index (χ1n) is 5.42. The normalized spacial score (nSPS) is 23.4. The van der Waals surface area contributed by atoms with Crippen LogP contribution in [0.5, 0.6) is 0 Å². The SMILES string of the molecule is O=c1[nH]cnc2c1ncn2[C@@H]1O[C@H](CO)C(O)=C1O. The number of fused-ring (bicyclic) bond motifs is 1. The summed E-state index contributed by atoms with van der Waals surface area (Å²) >= 11 is 0. The van der Waals surface area contributed by atoms with Gasteiger partial charge in [-0.2, -0.15) is 0 Å². The minimum atomic E-state index is -1.07. The van der Waals surface area contributed by atoms with E-state index in [9.17, 15) is 15.0 Å². The lowest BCUT2D eigenvalue weighted by molar-refractivity contribution is -0.0331. The maximum absolute atomic E-state index is 11.5. The van der Waals surface area contributed by atoms with Crippen LogP contribution in [0.4, 0.5) is 0 Å². The van der Waals surface area contributed by atoms with E-state index in [0.717, 1.165) is 0 Å². The molecule has 0 saturated carbocycles. The third-order valence-electron chi connectivity index (χ3n) is 2.88. The second kappa shape index (κ2) is 4.07. The molecular weight excluding hydrogens is 256 g/mol. The first kappa shape index (κ1) is 11.7. The fourth-order valence-corrected chi connectivity index (χ4v) is 1.94. The molecule has 0 aromatic carbocycles. The lowest BCUT2D eigenvalue weighted by Crippen LogP contribution is -2.18. The average molecular weight is 266 g/mol. The van der Waals surface area contributed by atoms with Gasteiger partial charge in [-0.3, -0.25) is 9.36 Å².